The molecular formula is C10H12N2. The number of allylic oxidation sites excluding steroid dienone is 2. The number of hydrogen-bond acceptors (Lipinski definition) is 2. The number of hydrogen-bond donors (Lipinski definition) is 1. The highest BCUT2D eigenvalue weighted by molar-refractivity contribution is 5.57. The molecule has 2 N–H and O–H groups in total. The van der Waals surface area contributed by atoms with E-state index in [1.165, 1.54) is 0 Å². The van der Waals surface area contributed by atoms with Crippen molar-refractivity contribution in [2.45, 2.75) is 6.92 Å². The zero-order valence-corrected chi connectivity index (χ0v) is 7.12. The maximum atomic E-state index is 5.51. The Morgan fingerprint density at radius 1 is 1.67 bits per heavy atom. The fourth-order valence-corrected chi connectivity index (χ4v) is 0.877. The summed E-state index contributed by atoms with van der Waals surface area (Å²) in [5.74, 6) is 0.542. The first-order valence-corrected chi connectivity index (χ1v) is 3.74. The van der Waals surface area contributed by atoms with Gasteiger partial charge in [-0.25, -0.2) is 4.98 Å². The minimum atomic E-state index is 0.542. The van der Waals surface area contributed by atoms with E-state index in [2.05, 4.69) is 11.6 Å². The molecule has 2 heteroatoms. The van der Waals surface area contributed by atoms with Gasteiger partial charge in [0.1, 0.15) is 5.82 Å². The first-order chi connectivity index (χ1) is 5.72. The van der Waals surface area contributed by atoms with E-state index in [1.807, 2.05) is 25.1 Å². The molecule has 0 amide bonds. The summed E-state index contributed by atoms with van der Waals surface area (Å²) in [5, 5.41) is 0. The lowest BCUT2D eigenvalue weighted by atomic mass is 10.2. The van der Waals surface area contributed by atoms with Crippen molar-refractivity contribution < 1.29 is 0 Å². The van der Waals surface area contributed by atoms with Gasteiger partial charge in [-0.1, -0.05) is 24.3 Å². The van der Waals surface area contributed by atoms with Crippen molar-refractivity contribution in [2.75, 3.05) is 5.73 Å². The monoisotopic (exact) mass is 160 g/mol. The average molecular weight is 160 g/mol. The lowest BCUT2D eigenvalue weighted by molar-refractivity contribution is 1.33. The van der Waals surface area contributed by atoms with Crippen LogP contribution in [0.1, 0.15) is 12.5 Å². The minimum Gasteiger partial charge on any atom is -0.384 e. The van der Waals surface area contributed by atoms with E-state index < -0.39 is 0 Å². The summed E-state index contributed by atoms with van der Waals surface area (Å²) in [6.45, 7) is 5.65. The minimum absolute atomic E-state index is 0.542. The van der Waals surface area contributed by atoms with Gasteiger partial charge in [-0.2, -0.15) is 0 Å². The van der Waals surface area contributed by atoms with Gasteiger partial charge in [0.25, 0.3) is 0 Å². The van der Waals surface area contributed by atoms with Gasteiger partial charge in [0.15, 0.2) is 0 Å². The third-order valence-corrected chi connectivity index (χ3v) is 1.52. The Balaban J connectivity index is 2.97. The Morgan fingerprint density at radius 2 is 2.42 bits per heavy atom. The molecule has 0 atom stereocenters. The number of rotatable bonds is 2. The number of anilines is 1. The molecule has 12 heavy (non-hydrogen) atoms. The van der Waals surface area contributed by atoms with Crippen molar-refractivity contribution in [1.82, 2.24) is 4.98 Å². The molecule has 0 bridgehead atoms. The second-order valence-corrected chi connectivity index (χ2v) is 2.61. The Bertz CT molecular complexity index is 313. The third-order valence-electron chi connectivity index (χ3n) is 1.52. The molecule has 2 nitrogen and oxygen atoms in total. The highest BCUT2D eigenvalue weighted by atomic mass is 14.8. The van der Waals surface area contributed by atoms with Crippen LogP contribution in [0.4, 0.5) is 5.82 Å². The van der Waals surface area contributed by atoms with Gasteiger partial charge in [-0.05, 0) is 24.6 Å². The Morgan fingerprint density at radius 3 is 3.00 bits per heavy atom. The predicted molar refractivity (Wildman–Crippen MR) is 52.5 cm³/mol. The Labute approximate surface area is 72.4 Å². The summed E-state index contributed by atoms with van der Waals surface area (Å²) in [6.07, 6.45) is 5.50. The predicted octanol–water partition coefficient (Wildman–Crippen LogP) is 2.25. The van der Waals surface area contributed by atoms with Crippen molar-refractivity contribution in [3.8, 4) is 0 Å². The highest BCUT2D eigenvalue weighted by Crippen LogP contribution is 2.08. The van der Waals surface area contributed by atoms with Gasteiger partial charge in [0.2, 0.25) is 0 Å². The summed E-state index contributed by atoms with van der Waals surface area (Å²) in [6, 6.07) is 3.73. The molecule has 62 valence electrons. The molecule has 0 unspecified atom stereocenters. The first kappa shape index (κ1) is 8.53. The van der Waals surface area contributed by atoms with Gasteiger partial charge >= 0.3 is 0 Å². The zero-order valence-electron chi connectivity index (χ0n) is 7.12. The number of aromatic nitrogens is 1. The van der Waals surface area contributed by atoms with Crippen LogP contribution in [-0.4, -0.2) is 4.98 Å². The maximum Gasteiger partial charge on any atom is 0.123 e. The largest absolute Gasteiger partial charge is 0.384 e. The van der Waals surface area contributed by atoms with E-state index in [-0.39, 0.29) is 0 Å². The van der Waals surface area contributed by atoms with Crippen LogP contribution in [0.3, 0.4) is 0 Å². The SMILES string of the molecule is C=C/C(C)=C\c1ccnc(N)c1. The van der Waals surface area contributed by atoms with Crippen LogP contribution in [0.2, 0.25) is 0 Å². The van der Waals surface area contributed by atoms with Crippen LogP contribution in [-0.2, 0) is 0 Å². The quantitative estimate of drug-likeness (QED) is 0.674. The summed E-state index contributed by atoms with van der Waals surface area (Å²) >= 11 is 0. The second kappa shape index (κ2) is 3.72. The molecule has 1 heterocycles. The average Bonchev–Trinajstić information content (AvgIpc) is 2.04. The van der Waals surface area contributed by atoms with Gasteiger partial charge in [-0.15, -0.1) is 0 Å². The first-order valence-electron chi connectivity index (χ1n) is 3.74. The molecule has 1 aromatic heterocycles. The fraction of sp³-hybridized carbons (Fsp3) is 0.100. The number of nitrogen functional groups attached to an aromatic ring is 1. The second-order valence-electron chi connectivity index (χ2n) is 2.61. The van der Waals surface area contributed by atoms with Gasteiger partial charge in [-0.3, -0.25) is 0 Å². The van der Waals surface area contributed by atoms with E-state index in [0.717, 1.165) is 11.1 Å². The van der Waals surface area contributed by atoms with E-state index in [9.17, 15) is 0 Å². The molecule has 0 spiro atoms. The Hall–Kier alpha value is -1.57. The molecule has 1 rings (SSSR count). The van der Waals surface area contributed by atoms with Crippen molar-refractivity contribution in [1.29, 1.82) is 0 Å². The molecule has 0 aliphatic rings. The van der Waals surface area contributed by atoms with E-state index >= 15 is 0 Å². The summed E-state index contributed by atoms with van der Waals surface area (Å²) in [7, 11) is 0. The zero-order chi connectivity index (χ0) is 8.97. The van der Waals surface area contributed by atoms with Crippen LogP contribution >= 0.6 is 0 Å². The van der Waals surface area contributed by atoms with Crippen LogP contribution in [0.25, 0.3) is 6.08 Å². The van der Waals surface area contributed by atoms with Crippen molar-refractivity contribution >= 4 is 11.9 Å². The smallest absolute Gasteiger partial charge is 0.123 e. The van der Waals surface area contributed by atoms with Crippen molar-refractivity contribution in [2.24, 2.45) is 0 Å². The van der Waals surface area contributed by atoms with Gasteiger partial charge in [0.05, 0.1) is 0 Å². The molecule has 1 aromatic rings. The van der Waals surface area contributed by atoms with Crippen LogP contribution in [0, 0.1) is 0 Å². The molecular weight excluding hydrogens is 148 g/mol. The maximum absolute atomic E-state index is 5.51. The lowest BCUT2D eigenvalue weighted by Gasteiger charge is -1.95. The van der Waals surface area contributed by atoms with Gasteiger partial charge in [0, 0.05) is 6.20 Å². The molecule has 0 aliphatic carbocycles. The number of pyridine rings is 1. The molecule has 0 saturated heterocycles. The normalized spacial score (nSPS) is 11.2. The van der Waals surface area contributed by atoms with Crippen LogP contribution < -0.4 is 5.73 Å². The van der Waals surface area contributed by atoms with Crippen molar-refractivity contribution in [3.05, 3.63) is 42.1 Å². The standard InChI is InChI=1S/C10H12N2/c1-3-8(2)6-9-4-5-12-10(11)7-9/h3-7H,1H2,2H3,(H2,11,12)/b8-6-. The van der Waals surface area contributed by atoms with Crippen molar-refractivity contribution in [3.63, 3.8) is 0 Å². The molecule has 0 radical (unpaired) electrons. The topological polar surface area (TPSA) is 38.9 Å². The van der Waals surface area contributed by atoms with Gasteiger partial charge < -0.3 is 5.73 Å². The van der Waals surface area contributed by atoms with E-state index in [1.54, 1.807) is 12.3 Å². The molecule has 0 fully saturated rings. The summed E-state index contributed by atoms with van der Waals surface area (Å²) in [4.78, 5) is 3.90. The fourth-order valence-electron chi connectivity index (χ4n) is 0.877. The number of nitrogens with two attached hydrogens (primary N) is 1. The van der Waals surface area contributed by atoms with E-state index in [4.69, 9.17) is 5.73 Å². The van der Waals surface area contributed by atoms with Crippen LogP contribution in [0.5, 0.6) is 0 Å². The lowest BCUT2D eigenvalue weighted by Crippen LogP contribution is -1.88. The highest BCUT2D eigenvalue weighted by Gasteiger charge is 1.89. The van der Waals surface area contributed by atoms with Crippen LogP contribution in [0.15, 0.2) is 36.6 Å². The summed E-state index contributed by atoms with van der Waals surface area (Å²) < 4.78 is 0. The number of nitrogens with zero attached hydrogens (tertiary/aromatic N) is 1. The molecule has 0 saturated carbocycles. The summed E-state index contributed by atoms with van der Waals surface area (Å²) in [5.41, 5.74) is 7.68. The third kappa shape index (κ3) is 2.23. The van der Waals surface area contributed by atoms with E-state index in [0.29, 0.717) is 5.82 Å². The Kier molecular flexibility index (Phi) is 2.64. The molecule has 0 aliphatic heterocycles. The molecule has 0 aromatic carbocycles.